The third-order valence-electron chi connectivity index (χ3n) is 2.83. The van der Waals surface area contributed by atoms with Crippen molar-refractivity contribution < 1.29 is 0 Å². The number of rotatable bonds is 6. The quantitative estimate of drug-likeness (QED) is 0.455. The highest BCUT2D eigenvalue weighted by molar-refractivity contribution is 6.17. The summed E-state index contributed by atoms with van der Waals surface area (Å²) in [5, 5.41) is 0. The molecule has 0 aliphatic carbocycles. The lowest BCUT2D eigenvalue weighted by atomic mass is 9.97. The second kappa shape index (κ2) is 6.89. The van der Waals surface area contributed by atoms with E-state index in [0.717, 1.165) is 12.8 Å². The highest BCUT2D eigenvalue weighted by atomic mass is 35.5. The van der Waals surface area contributed by atoms with Crippen molar-refractivity contribution in [2.45, 2.75) is 38.6 Å². The van der Waals surface area contributed by atoms with Gasteiger partial charge in [-0.25, -0.2) is 0 Å². The molecule has 1 unspecified atom stereocenters. The number of nitrogens with one attached hydrogen (secondary N) is 1. The van der Waals surface area contributed by atoms with E-state index in [-0.39, 0.29) is 6.04 Å². The van der Waals surface area contributed by atoms with Gasteiger partial charge in [0.25, 0.3) is 0 Å². The smallest absolute Gasteiger partial charge is 0.0460 e. The maximum absolute atomic E-state index is 5.69. The van der Waals surface area contributed by atoms with E-state index in [1.54, 1.807) is 0 Å². The van der Waals surface area contributed by atoms with Crippen molar-refractivity contribution in [2.75, 3.05) is 5.88 Å². The molecule has 1 aromatic rings. The average Bonchev–Trinajstić information content (AvgIpc) is 2.30. The minimum Gasteiger partial charge on any atom is -0.271 e. The highest BCUT2D eigenvalue weighted by Gasteiger charge is 2.09. The Bertz CT molecular complexity index is 295. The van der Waals surface area contributed by atoms with Gasteiger partial charge in [-0.1, -0.05) is 38.1 Å². The Hall–Kier alpha value is -0.570. The molecule has 0 fully saturated rings. The third kappa shape index (κ3) is 3.78. The second-order valence-electron chi connectivity index (χ2n) is 4.37. The molecule has 0 radical (unpaired) electrons. The van der Waals surface area contributed by atoms with Crippen molar-refractivity contribution in [3.05, 3.63) is 35.4 Å². The molecule has 1 aromatic carbocycles. The van der Waals surface area contributed by atoms with Gasteiger partial charge in [0.2, 0.25) is 0 Å². The van der Waals surface area contributed by atoms with Gasteiger partial charge in [-0.3, -0.25) is 11.3 Å². The Labute approximate surface area is 103 Å². The van der Waals surface area contributed by atoms with Gasteiger partial charge in [0.1, 0.15) is 0 Å². The Kier molecular flexibility index (Phi) is 5.81. The Morgan fingerprint density at radius 2 is 1.75 bits per heavy atom. The van der Waals surface area contributed by atoms with Gasteiger partial charge in [-0.2, -0.15) is 0 Å². The molecule has 90 valence electrons. The van der Waals surface area contributed by atoms with Crippen LogP contribution in [0.1, 0.15) is 49.8 Å². The van der Waals surface area contributed by atoms with Crippen molar-refractivity contribution in [2.24, 2.45) is 5.84 Å². The summed E-state index contributed by atoms with van der Waals surface area (Å²) in [7, 11) is 0. The molecular weight excluding hydrogens is 220 g/mol. The fourth-order valence-corrected chi connectivity index (χ4v) is 1.90. The predicted octanol–water partition coefficient (Wildman–Crippen LogP) is 3.33. The maximum Gasteiger partial charge on any atom is 0.0460 e. The first-order valence-electron chi connectivity index (χ1n) is 5.81. The summed E-state index contributed by atoms with van der Waals surface area (Å²) in [5.74, 6) is 6.80. The molecule has 1 atom stereocenters. The molecule has 0 aliphatic heterocycles. The second-order valence-corrected chi connectivity index (χ2v) is 4.75. The molecule has 0 aliphatic rings. The minimum atomic E-state index is 0.208. The van der Waals surface area contributed by atoms with E-state index >= 15 is 0 Å². The average molecular weight is 241 g/mol. The van der Waals surface area contributed by atoms with Crippen LogP contribution in [0.25, 0.3) is 0 Å². The molecule has 16 heavy (non-hydrogen) atoms. The zero-order valence-corrected chi connectivity index (χ0v) is 10.8. The summed E-state index contributed by atoms with van der Waals surface area (Å²) in [6.07, 6.45) is 1.95. The summed E-state index contributed by atoms with van der Waals surface area (Å²) in [5.41, 5.74) is 5.43. The summed E-state index contributed by atoms with van der Waals surface area (Å²) in [4.78, 5) is 0. The normalized spacial score (nSPS) is 13.1. The van der Waals surface area contributed by atoms with Gasteiger partial charge in [-0.15, -0.1) is 11.6 Å². The molecule has 0 bridgehead atoms. The number of alkyl halides is 1. The van der Waals surface area contributed by atoms with Gasteiger partial charge >= 0.3 is 0 Å². The number of hydrazine groups is 1. The Morgan fingerprint density at radius 3 is 2.19 bits per heavy atom. The summed E-state index contributed by atoms with van der Waals surface area (Å²) >= 11 is 5.69. The number of benzene rings is 1. The molecule has 3 heteroatoms. The minimum absolute atomic E-state index is 0.208. The van der Waals surface area contributed by atoms with Gasteiger partial charge in [0.15, 0.2) is 0 Å². The van der Waals surface area contributed by atoms with Crippen LogP contribution in [0, 0.1) is 0 Å². The Balaban J connectivity index is 2.70. The van der Waals surface area contributed by atoms with Gasteiger partial charge in [0, 0.05) is 11.9 Å². The largest absolute Gasteiger partial charge is 0.271 e. The van der Waals surface area contributed by atoms with E-state index in [0.29, 0.717) is 11.8 Å². The Morgan fingerprint density at radius 1 is 1.19 bits per heavy atom. The molecule has 0 spiro atoms. The summed E-state index contributed by atoms with van der Waals surface area (Å²) in [6, 6.07) is 8.85. The lowest BCUT2D eigenvalue weighted by Gasteiger charge is -2.16. The van der Waals surface area contributed by atoms with Crippen LogP contribution in [0.3, 0.4) is 0 Å². The number of hydrogen-bond acceptors (Lipinski definition) is 2. The SMILES string of the molecule is CC(C)c1ccc(C(CCCCl)NN)cc1. The first-order chi connectivity index (χ1) is 7.69. The third-order valence-corrected chi connectivity index (χ3v) is 3.10. The van der Waals surface area contributed by atoms with Crippen LogP contribution in [0.15, 0.2) is 24.3 Å². The van der Waals surface area contributed by atoms with E-state index in [1.165, 1.54) is 11.1 Å². The lowest BCUT2D eigenvalue weighted by Crippen LogP contribution is -2.28. The van der Waals surface area contributed by atoms with Crippen molar-refractivity contribution in [1.82, 2.24) is 5.43 Å². The topological polar surface area (TPSA) is 38.0 Å². The lowest BCUT2D eigenvalue weighted by molar-refractivity contribution is 0.511. The fraction of sp³-hybridized carbons (Fsp3) is 0.538. The molecule has 3 N–H and O–H groups in total. The summed E-state index contributed by atoms with van der Waals surface area (Å²) in [6.45, 7) is 4.39. The molecule has 2 nitrogen and oxygen atoms in total. The van der Waals surface area contributed by atoms with Gasteiger partial charge in [0.05, 0.1) is 0 Å². The van der Waals surface area contributed by atoms with E-state index in [2.05, 4.69) is 43.5 Å². The molecule has 1 rings (SSSR count). The van der Waals surface area contributed by atoms with Crippen LogP contribution in [-0.2, 0) is 0 Å². The fourth-order valence-electron chi connectivity index (χ4n) is 1.74. The number of hydrogen-bond donors (Lipinski definition) is 2. The number of halogens is 1. The van der Waals surface area contributed by atoms with Crippen LogP contribution >= 0.6 is 11.6 Å². The molecular formula is C13H21ClN2. The van der Waals surface area contributed by atoms with Crippen LogP contribution in [-0.4, -0.2) is 5.88 Å². The molecule has 0 aromatic heterocycles. The van der Waals surface area contributed by atoms with Gasteiger partial charge in [-0.05, 0) is 29.9 Å². The number of nitrogens with two attached hydrogens (primary N) is 1. The molecule has 0 heterocycles. The van der Waals surface area contributed by atoms with Crippen LogP contribution in [0.2, 0.25) is 0 Å². The van der Waals surface area contributed by atoms with Crippen LogP contribution in [0.4, 0.5) is 0 Å². The zero-order chi connectivity index (χ0) is 12.0. The molecule has 0 amide bonds. The first-order valence-corrected chi connectivity index (χ1v) is 6.34. The van der Waals surface area contributed by atoms with E-state index in [4.69, 9.17) is 17.4 Å². The van der Waals surface area contributed by atoms with Crippen molar-refractivity contribution in [1.29, 1.82) is 0 Å². The van der Waals surface area contributed by atoms with Crippen LogP contribution < -0.4 is 11.3 Å². The van der Waals surface area contributed by atoms with E-state index in [1.807, 2.05) is 0 Å². The molecule has 0 saturated carbocycles. The molecule has 0 saturated heterocycles. The van der Waals surface area contributed by atoms with E-state index in [9.17, 15) is 0 Å². The predicted molar refractivity (Wildman–Crippen MR) is 70.5 cm³/mol. The zero-order valence-electron chi connectivity index (χ0n) is 10.0. The standard InChI is InChI=1S/C13H21ClN2/c1-10(2)11-5-7-12(8-6-11)13(16-15)4-3-9-14/h5-8,10,13,16H,3-4,9,15H2,1-2H3. The van der Waals surface area contributed by atoms with Crippen molar-refractivity contribution >= 4 is 11.6 Å². The summed E-state index contributed by atoms with van der Waals surface area (Å²) < 4.78 is 0. The monoisotopic (exact) mass is 240 g/mol. The van der Waals surface area contributed by atoms with E-state index < -0.39 is 0 Å². The van der Waals surface area contributed by atoms with Crippen molar-refractivity contribution in [3.63, 3.8) is 0 Å². The van der Waals surface area contributed by atoms with Gasteiger partial charge < -0.3 is 0 Å². The van der Waals surface area contributed by atoms with Crippen molar-refractivity contribution in [3.8, 4) is 0 Å². The maximum atomic E-state index is 5.69. The highest BCUT2D eigenvalue weighted by Crippen LogP contribution is 2.21. The van der Waals surface area contributed by atoms with Crippen LogP contribution in [0.5, 0.6) is 0 Å². The first kappa shape index (κ1) is 13.5.